The van der Waals surface area contributed by atoms with Crippen LogP contribution in [0.5, 0.6) is 0 Å². The third-order valence-electron chi connectivity index (χ3n) is 2.97. The Bertz CT molecular complexity index is 563. The number of nitrogens with one attached hydrogen (secondary N) is 1. The maximum Gasteiger partial charge on any atom is 0.322 e. The zero-order chi connectivity index (χ0) is 13.0. The van der Waals surface area contributed by atoms with Crippen LogP contribution in [0.4, 0.5) is 5.69 Å². The van der Waals surface area contributed by atoms with Gasteiger partial charge in [-0.15, -0.1) is 0 Å². The number of rotatable bonds is 5. The van der Waals surface area contributed by atoms with E-state index in [-0.39, 0.29) is 6.54 Å². The van der Waals surface area contributed by atoms with Crippen LogP contribution in [-0.4, -0.2) is 17.6 Å². The van der Waals surface area contributed by atoms with Crippen LogP contribution in [0.25, 0.3) is 10.8 Å². The van der Waals surface area contributed by atoms with Gasteiger partial charge in [-0.25, -0.2) is 0 Å². The molecule has 0 saturated heterocycles. The molecule has 94 valence electrons. The van der Waals surface area contributed by atoms with E-state index < -0.39 is 5.97 Å². The lowest BCUT2D eigenvalue weighted by Gasteiger charge is -2.13. The van der Waals surface area contributed by atoms with Crippen molar-refractivity contribution in [1.29, 1.82) is 0 Å². The molecule has 0 saturated carbocycles. The van der Waals surface area contributed by atoms with Gasteiger partial charge in [0.25, 0.3) is 0 Å². The van der Waals surface area contributed by atoms with Crippen molar-refractivity contribution in [3.05, 3.63) is 42.0 Å². The zero-order valence-corrected chi connectivity index (χ0v) is 10.4. The lowest BCUT2D eigenvalue weighted by Crippen LogP contribution is -2.13. The normalized spacial score (nSPS) is 10.5. The summed E-state index contributed by atoms with van der Waals surface area (Å²) < 4.78 is 0. The summed E-state index contributed by atoms with van der Waals surface area (Å²) in [6, 6.07) is 12.2. The number of benzene rings is 2. The van der Waals surface area contributed by atoms with E-state index in [1.54, 1.807) is 0 Å². The van der Waals surface area contributed by atoms with Gasteiger partial charge in [0, 0.05) is 5.69 Å². The Labute approximate surface area is 106 Å². The van der Waals surface area contributed by atoms with E-state index in [1.165, 1.54) is 16.3 Å². The zero-order valence-electron chi connectivity index (χ0n) is 10.4. The largest absolute Gasteiger partial charge is 0.480 e. The van der Waals surface area contributed by atoms with Gasteiger partial charge in [-0.3, -0.25) is 4.79 Å². The third kappa shape index (κ3) is 2.62. The Hall–Kier alpha value is -2.03. The fourth-order valence-electron chi connectivity index (χ4n) is 2.19. The molecule has 0 radical (unpaired) electrons. The van der Waals surface area contributed by atoms with Crippen LogP contribution < -0.4 is 5.32 Å². The predicted octanol–water partition coefficient (Wildman–Crippen LogP) is 3.29. The number of hydrogen-bond acceptors (Lipinski definition) is 2. The molecule has 0 unspecified atom stereocenters. The van der Waals surface area contributed by atoms with Gasteiger partial charge in [0.05, 0.1) is 0 Å². The third-order valence-corrected chi connectivity index (χ3v) is 2.97. The van der Waals surface area contributed by atoms with E-state index in [0.29, 0.717) is 0 Å². The first-order chi connectivity index (χ1) is 8.72. The van der Waals surface area contributed by atoms with Crippen molar-refractivity contribution in [3.63, 3.8) is 0 Å². The van der Waals surface area contributed by atoms with Crippen LogP contribution in [0.1, 0.15) is 18.9 Å². The van der Waals surface area contributed by atoms with Crippen LogP contribution in [0, 0.1) is 0 Å². The van der Waals surface area contributed by atoms with Crippen molar-refractivity contribution < 1.29 is 9.90 Å². The molecule has 0 aliphatic heterocycles. The van der Waals surface area contributed by atoms with E-state index in [1.807, 2.05) is 24.3 Å². The molecule has 2 rings (SSSR count). The molecule has 0 bridgehead atoms. The average molecular weight is 243 g/mol. The monoisotopic (exact) mass is 243 g/mol. The molecule has 0 aliphatic rings. The van der Waals surface area contributed by atoms with Crippen molar-refractivity contribution in [3.8, 4) is 0 Å². The molecule has 18 heavy (non-hydrogen) atoms. The number of anilines is 1. The molecule has 0 amide bonds. The van der Waals surface area contributed by atoms with Gasteiger partial charge in [-0.2, -0.15) is 0 Å². The highest BCUT2D eigenvalue weighted by Gasteiger charge is 2.07. The maximum absolute atomic E-state index is 10.6. The van der Waals surface area contributed by atoms with Crippen LogP contribution in [0.2, 0.25) is 0 Å². The second-order valence-corrected chi connectivity index (χ2v) is 4.31. The van der Waals surface area contributed by atoms with Gasteiger partial charge in [0.1, 0.15) is 6.54 Å². The number of carbonyl (C=O) groups is 1. The van der Waals surface area contributed by atoms with Crippen molar-refractivity contribution >= 4 is 22.4 Å². The molecule has 0 atom stereocenters. The number of carboxylic acids is 1. The summed E-state index contributed by atoms with van der Waals surface area (Å²) in [5.41, 5.74) is 2.13. The molecule has 0 aliphatic carbocycles. The predicted molar refractivity (Wildman–Crippen MR) is 74.1 cm³/mol. The molecule has 3 nitrogen and oxygen atoms in total. The first-order valence-corrected chi connectivity index (χ1v) is 6.18. The fourth-order valence-corrected chi connectivity index (χ4v) is 2.19. The molecule has 0 fully saturated rings. The second-order valence-electron chi connectivity index (χ2n) is 4.31. The van der Waals surface area contributed by atoms with Crippen molar-refractivity contribution in [2.45, 2.75) is 19.8 Å². The number of fused-ring (bicyclic) bond motifs is 1. The van der Waals surface area contributed by atoms with Crippen LogP contribution >= 0.6 is 0 Å². The second kappa shape index (κ2) is 5.54. The summed E-state index contributed by atoms with van der Waals surface area (Å²) in [7, 11) is 0. The molecule has 2 aromatic rings. The quantitative estimate of drug-likeness (QED) is 0.847. The molecule has 2 N–H and O–H groups in total. The van der Waals surface area contributed by atoms with Crippen LogP contribution in [0.3, 0.4) is 0 Å². The SMILES string of the molecule is CCCc1c(NCC(=O)O)ccc2ccccc12. The number of carboxylic acid groups (broad SMARTS) is 1. The highest BCUT2D eigenvalue weighted by molar-refractivity contribution is 5.90. The van der Waals surface area contributed by atoms with Gasteiger partial charge in [0.15, 0.2) is 0 Å². The summed E-state index contributed by atoms with van der Waals surface area (Å²) in [4.78, 5) is 10.6. The fraction of sp³-hybridized carbons (Fsp3) is 0.267. The Morgan fingerprint density at radius 2 is 2.00 bits per heavy atom. The van der Waals surface area contributed by atoms with Crippen molar-refractivity contribution in [1.82, 2.24) is 0 Å². The summed E-state index contributed by atoms with van der Waals surface area (Å²) in [6.07, 6.45) is 1.99. The van der Waals surface area contributed by atoms with E-state index in [9.17, 15) is 4.79 Å². The van der Waals surface area contributed by atoms with Gasteiger partial charge in [0.2, 0.25) is 0 Å². The molecule has 3 heteroatoms. The molecule has 2 aromatic carbocycles. The van der Waals surface area contributed by atoms with Gasteiger partial charge in [-0.05, 0) is 28.8 Å². The Morgan fingerprint density at radius 3 is 2.72 bits per heavy atom. The highest BCUT2D eigenvalue weighted by Crippen LogP contribution is 2.27. The van der Waals surface area contributed by atoms with E-state index in [0.717, 1.165) is 18.5 Å². The first-order valence-electron chi connectivity index (χ1n) is 6.18. The topological polar surface area (TPSA) is 49.3 Å². The number of hydrogen-bond donors (Lipinski definition) is 2. The lowest BCUT2D eigenvalue weighted by molar-refractivity contribution is -0.134. The number of aryl methyl sites for hydroxylation is 1. The Morgan fingerprint density at radius 1 is 1.22 bits per heavy atom. The minimum atomic E-state index is -0.842. The molecular weight excluding hydrogens is 226 g/mol. The first kappa shape index (κ1) is 12.4. The van der Waals surface area contributed by atoms with Crippen LogP contribution in [0.15, 0.2) is 36.4 Å². The molecular formula is C15H17NO2. The average Bonchev–Trinajstić information content (AvgIpc) is 2.38. The Balaban J connectivity index is 2.44. The van der Waals surface area contributed by atoms with Crippen molar-refractivity contribution in [2.24, 2.45) is 0 Å². The standard InChI is InChI=1S/C15H17NO2/c1-2-5-13-12-7-4-3-6-11(12)8-9-14(13)16-10-15(17)18/h3-4,6-9,16H,2,5,10H2,1H3,(H,17,18). The van der Waals surface area contributed by atoms with Crippen molar-refractivity contribution in [2.75, 3.05) is 11.9 Å². The molecule has 0 spiro atoms. The molecule has 0 heterocycles. The number of aliphatic carboxylic acids is 1. The summed E-state index contributed by atoms with van der Waals surface area (Å²) >= 11 is 0. The molecule has 0 aromatic heterocycles. The van der Waals surface area contributed by atoms with Gasteiger partial charge in [-0.1, -0.05) is 43.7 Å². The van der Waals surface area contributed by atoms with Gasteiger partial charge < -0.3 is 10.4 Å². The van der Waals surface area contributed by atoms with E-state index in [4.69, 9.17) is 5.11 Å². The Kier molecular flexibility index (Phi) is 3.82. The minimum Gasteiger partial charge on any atom is -0.480 e. The summed E-state index contributed by atoms with van der Waals surface area (Å²) in [5, 5.41) is 14.1. The highest BCUT2D eigenvalue weighted by atomic mass is 16.4. The van der Waals surface area contributed by atoms with E-state index in [2.05, 4.69) is 24.4 Å². The van der Waals surface area contributed by atoms with E-state index >= 15 is 0 Å². The maximum atomic E-state index is 10.6. The lowest BCUT2D eigenvalue weighted by atomic mass is 9.99. The smallest absolute Gasteiger partial charge is 0.322 e. The van der Waals surface area contributed by atoms with Gasteiger partial charge >= 0.3 is 5.97 Å². The van der Waals surface area contributed by atoms with Crippen LogP contribution in [-0.2, 0) is 11.2 Å². The summed E-state index contributed by atoms with van der Waals surface area (Å²) in [6.45, 7) is 2.08. The summed E-state index contributed by atoms with van der Waals surface area (Å²) in [5.74, 6) is -0.842. The minimum absolute atomic E-state index is 0.0466.